The lowest BCUT2D eigenvalue weighted by atomic mass is 9.87. The second-order valence-electron chi connectivity index (χ2n) is 4.99. The van der Waals surface area contributed by atoms with E-state index in [1.54, 1.807) is 6.20 Å². The van der Waals surface area contributed by atoms with E-state index >= 15 is 0 Å². The van der Waals surface area contributed by atoms with Crippen LogP contribution in [-0.2, 0) is 5.60 Å². The molecule has 0 saturated carbocycles. The Bertz CT molecular complexity index is 768. The largest absolute Gasteiger partial charge is 0.381 e. The molecule has 1 unspecified atom stereocenters. The van der Waals surface area contributed by atoms with Crippen molar-refractivity contribution in [3.8, 4) is 0 Å². The molecule has 3 rings (SSSR count). The summed E-state index contributed by atoms with van der Waals surface area (Å²) in [4.78, 5) is 4.30. The molecule has 0 aliphatic heterocycles. The van der Waals surface area contributed by atoms with Crippen molar-refractivity contribution < 1.29 is 5.11 Å². The summed E-state index contributed by atoms with van der Waals surface area (Å²) in [7, 11) is 0. The summed E-state index contributed by atoms with van der Waals surface area (Å²) in [6.07, 6.45) is 1.77. The molecule has 0 radical (unpaired) electrons. The standard InChI is InChI=1S/C17H14BrNO/c1-17(20,13-5-2-6-15(18)11-13)14-7-8-16-12(10-14)4-3-9-19-16/h2-11,20H,1H3. The average Bonchev–Trinajstić information content (AvgIpc) is 2.46. The van der Waals surface area contributed by atoms with Crippen LogP contribution in [0.2, 0.25) is 0 Å². The van der Waals surface area contributed by atoms with Crippen LogP contribution in [-0.4, -0.2) is 10.1 Å². The molecule has 0 aliphatic rings. The quantitative estimate of drug-likeness (QED) is 0.763. The van der Waals surface area contributed by atoms with Gasteiger partial charge in [0.2, 0.25) is 0 Å². The molecule has 0 saturated heterocycles. The van der Waals surface area contributed by atoms with Gasteiger partial charge in [0.25, 0.3) is 0 Å². The number of fused-ring (bicyclic) bond motifs is 1. The van der Waals surface area contributed by atoms with E-state index in [1.165, 1.54) is 0 Å². The van der Waals surface area contributed by atoms with Crippen molar-refractivity contribution in [3.63, 3.8) is 0 Å². The van der Waals surface area contributed by atoms with E-state index < -0.39 is 5.60 Å². The molecule has 1 heterocycles. The summed E-state index contributed by atoms with van der Waals surface area (Å²) in [6, 6.07) is 17.5. The predicted octanol–water partition coefficient (Wildman–Crippen LogP) is 4.25. The zero-order valence-electron chi connectivity index (χ0n) is 11.0. The number of nitrogens with zero attached hydrogens (tertiary/aromatic N) is 1. The van der Waals surface area contributed by atoms with E-state index in [2.05, 4.69) is 20.9 Å². The number of pyridine rings is 1. The van der Waals surface area contributed by atoms with Crippen molar-refractivity contribution in [2.75, 3.05) is 0 Å². The van der Waals surface area contributed by atoms with Crippen molar-refractivity contribution >= 4 is 26.8 Å². The molecule has 0 bridgehead atoms. The first-order valence-electron chi connectivity index (χ1n) is 6.41. The van der Waals surface area contributed by atoms with Crippen molar-refractivity contribution in [2.45, 2.75) is 12.5 Å². The summed E-state index contributed by atoms with van der Waals surface area (Å²) in [5.41, 5.74) is 1.61. The molecule has 3 heteroatoms. The van der Waals surface area contributed by atoms with Crippen molar-refractivity contribution in [2.24, 2.45) is 0 Å². The zero-order chi connectivity index (χ0) is 14.2. The minimum Gasteiger partial charge on any atom is -0.381 e. The van der Waals surface area contributed by atoms with Crippen LogP contribution in [0.4, 0.5) is 0 Å². The third-order valence-electron chi connectivity index (χ3n) is 3.55. The van der Waals surface area contributed by atoms with Crippen LogP contribution in [0, 0.1) is 0 Å². The van der Waals surface area contributed by atoms with E-state index in [-0.39, 0.29) is 0 Å². The number of aliphatic hydroxyl groups is 1. The molecular weight excluding hydrogens is 314 g/mol. The van der Waals surface area contributed by atoms with Gasteiger partial charge in [0.15, 0.2) is 0 Å². The third kappa shape index (κ3) is 2.35. The first-order chi connectivity index (χ1) is 9.57. The highest BCUT2D eigenvalue weighted by molar-refractivity contribution is 9.10. The summed E-state index contributed by atoms with van der Waals surface area (Å²) >= 11 is 3.45. The van der Waals surface area contributed by atoms with Gasteiger partial charge in [-0.1, -0.05) is 40.2 Å². The first kappa shape index (κ1) is 13.3. The van der Waals surface area contributed by atoms with E-state index in [9.17, 15) is 5.11 Å². The van der Waals surface area contributed by atoms with Gasteiger partial charge in [-0.05, 0) is 48.4 Å². The topological polar surface area (TPSA) is 33.1 Å². The maximum absolute atomic E-state index is 10.9. The van der Waals surface area contributed by atoms with E-state index in [1.807, 2.05) is 61.5 Å². The molecule has 2 aromatic carbocycles. The Kier molecular flexibility index (Phi) is 3.32. The van der Waals surface area contributed by atoms with Gasteiger partial charge in [-0.25, -0.2) is 0 Å². The van der Waals surface area contributed by atoms with Crippen LogP contribution in [0.5, 0.6) is 0 Å². The normalized spacial score (nSPS) is 14.2. The first-order valence-corrected chi connectivity index (χ1v) is 7.20. The van der Waals surface area contributed by atoms with Gasteiger partial charge in [0.1, 0.15) is 5.60 Å². The Hall–Kier alpha value is -1.71. The Balaban J connectivity index is 2.13. The molecule has 100 valence electrons. The fourth-order valence-corrected chi connectivity index (χ4v) is 2.74. The van der Waals surface area contributed by atoms with E-state index in [4.69, 9.17) is 0 Å². The number of aromatic nitrogens is 1. The van der Waals surface area contributed by atoms with Crippen LogP contribution in [0.15, 0.2) is 65.3 Å². The molecule has 0 aliphatic carbocycles. The lowest BCUT2D eigenvalue weighted by Gasteiger charge is -2.25. The van der Waals surface area contributed by atoms with Gasteiger partial charge in [0.05, 0.1) is 5.52 Å². The van der Waals surface area contributed by atoms with Crippen molar-refractivity contribution in [1.29, 1.82) is 0 Å². The molecule has 1 N–H and O–H groups in total. The number of hydrogen-bond donors (Lipinski definition) is 1. The minimum absolute atomic E-state index is 0.857. The lowest BCUT2D eigenvalue weighted by Crippen LogP contribution is -2.22. The smallest absolute Gasteiger partial charge is 0.112 e. The molecule has 0 amide bonds. The third-order valence-corrected chi connectivity index (χ3v) is 4.05. The Labute approximate surface area is 126 Å². The van der Waals surface area contributed by atoms with Gasteiger partial charge in [-0.3, -0.25) is 4.98 Å². The lowest BCUT2D eigenvalue weighted by molar-refractivity contribution is 0.102. The summed E-state index contributed by atoms with van der Waals surface area (Å²) < 4.78 is 0.956. The predicted molar refractivity (Wildman–Crippen MR) is 84.6 cm³/mol. The monoisotopic (exact) mass is 327 g/mol. The molecule has 0 spiro atoms. The fourth-order valence-electron chi connectivity index (χ4n) is 2.34. The highest BCUT2D eigenvalue weighted by atomic mass is 79.9. The SMILES string of the molecule is CC(O)(c1cccc(Br)c1)c1ccc2ncccc2c1. The summed E-state index contributed by atoms with van der Waals surface area (Å²) in [5.74, 6) is 0. The summed E-state index contributed by atoms with van der Waals surface area (Å²) in [5, 5.41) is 11.9. The highest BCUT2D eigenvalue weighted by Crippen LogP contribution is 2.32. The van der Waals surface area contributed by atoms with E-state index in [0.717, 1.165) is 26.5 Å². The van der Waals surface area contributed by atoms with Crippen LogP contribution in [0.3, 0.4) is 0 Å². The second kappa shape index (κ2) is 5.00. The average molecular weight is 328 g/mol. The number of benzene rings is 2. The molecule has 0 fully saturated rings. The van der Waals surface area contributed by atoms with Gasteiger partial charge >= 0.3 is 0 Å². The zero-order valence-corrected chi connectivity index (χ0v) is 12.6. The van der Waals surface area contributed by atoms with Crippen molar-refractivity contribution in [3.05, 3.63) is 76.4 Å². The Morgan fingerprint density at radius 1 is 1.00 bits per heavy atom. The minimum atomic E-state index is -1.03. The number of halogens is 1. The molecule has 1 aromatic heterocycles. The number of rotatable bonds is 2. The highest BCUT2D eigenvalue weighted by Gasteiger charge is 2.25. The number of hydrogen-bond acceptors (Lipinski definition) is 2. The Morgan fingerprint density at radius 3 is 2.60 bits per heavy atom. The van der Waals surface area contributed by atoms with Crippen LogP contribution < -0.4 is 0 Å². The van der Waals surface area contributed by atoms with Gasteiger partial charge in [0, 0.05) is 16.1 Å². The van der Waals surface area contributed by atoms with Gasteiger partial charge in [-0.2, -0.15) is 0 Å². The second-order valence-corrected chi connectivity index (χ2v) is 5.91. The van der Waals surface area contributed by atoms with Crippen LogP contribution in [0.25, 0.3) is 10.9 Å². The summed E-state index contributed by atoms with van der Waals surface area (Å²) in [6.45, 7) is 1.81. The van der Waals surface area contributed by atoms with Gasteiger partial charge < -0.3 is 5.11 Å². The van der Waals surface area contributed by atoms with Crippen LogP contribution in [0.1, 0.15) is 18.1 Å². The molecule has 2 nitrogen and oxygen atoms in total. The van der Waals surface area contributed by atoms with Crippen LogP contribution >= 0.6 is 15.9 Å². The maximum Gasteiger partial charge on any atom is 0.112 e. The van der Waals surface area contributed by atoms with Gasteiger partial charge in [-0.15, -0.1) is 0 Å². The fraction of sp³-hybridized carbons (Fsp3) is 0.118. The molecule has 1 atom stereocenters. The maximum atomic E-state index is 10.9. The molecule has 20 heavy (non-hydrogen) atoms. The molecular formula is C17H14BrNO. The Morgan fingerprint density at radius 2 is 1.80 bits per heavy atom. The molecule has 3 aromatic rings. The van der Waals surface area contributed by atoms with E-state index in [0.29, 0.717) is 0 Å². The van der Waals surface area contributed by atoms with Crippen molar-refractivity contribution in [1.82, 2.24) is 4.98 Å².